The van der Waals surface area contributed by atoms with Gasteiger partial charge in [-0.25, -0.2) is 9.67 Å². The van der Waals surface area contributed by atoms with E-state index in [-0.39, 0.29) is 5.91 Å². The molecule has 0 unspecified atom stereocenters. The summed E-state index contributed by atoms with van der Waals surface area (Å²) in [6.45, 7) is 4.68. The van der Waals surface area contributed by atoms with E-state index in [1.165, 1.54) is 0 Å². The van der Waals surface area contributed by atoms with Crippen LogP contribution >= 0.6 is 0 Å². The smallest absolute Gasteiger partial charge is 0.224 e. The van der Waals surface area contributed by atoms with Crippen molar-refractivity contribution in [3.63, 3.8) is 0 Å². The Bertz CT molecular complexity index is 1160. The maximum absolute atomic E-state index is 12.3. The lowest BCUT2D eigenvalue weighted by molar-refractivity contribution is -0.116. The van der Waals surface area contributed by atoms with Gasteiger partial charge in [0.2, 0.25) is 5.91 Å². The van der Waals surface area contributed by atoms with Crippen LogP contribution in [-0.4, -0.2) is 32.3 Å². The van der Waals surface area contributed by atoms with E-state index < -0.39 is 0 Å². The number of methoxy groups -OCH3 is 1. The van der Waals surface area contributed by atoms with Crippen LogP contribution in [0.25, 0.3) is 16.9 Å². The van der Waals surface area contributed by atoms with Crippen LogP contribution in [0.1, 0.15) is 24.1 Å². The summed E-state index contributed by atoms with van der Waals surface area (Å²) in [6, 6.07) is 13.3. The molecule has 7 nitrogen and oxygen atoms in total. The maximum atomic E-state index is 12.3. The van der Waals surface area contributed by atoms with Gasteiger partial charge in [0.15, 0.2) is 11.5 Å². The molecule has 0 saturated carbocycles. The van der Waals surface area contributed by atoms with Gasteiger partial charge in [-0.2, -0.15) is 5.10 Å². The summed E-state index contributed by atoms with van der Waals surface area (Å²) in [6.07, 6.45) is 5.02. The van der Waals surface area contributed by atoms with Crippen LogP contribution in [-0.2, 0) is 11.3 Å². The van der Waals surface area contributed by atoms with Crippen molar-refractivity contribution in [3.8, 4) is 11.6 Å². The molecule has 0 aliphatic heterocycles. The molecular formula is C23H25N5O2. The van der Waals surface area contributed by atoms with Crippen molar-refractivity contribution in [2.45, 2.75) is 33.2 Å². The molecule has 154 valence electrons. The topological polar surface area (TPSA) is 74.0 Å². The molecule has 0 atom stereocenters. The fraction of sp³-hybridized carbons (Fsp3) is 0.261. The van der Waals surface area contributed by atoms with Gasteiger partial charge in [-0.15, -0.1) is 0 Å². The van der Waals surface area contributed by atoms with Crippen LogP contribution in [0.15, 0.2) is 54.9 Å². The lowest BCUT2D eigenvalue weighted by Crippen LogP contribution is -2.13. The highest BCUT2D eigenvalue weighted by atomic mass is 16.5. The van der Waals surface area contributed by atoms with E-state index in [2.05, 4.69) is 18.3 Å². The van der Waals surface area contributed by atoms with Gasteiger partial charge in [0.1, 0.15) is 5.75 Å². The fourth-order valence-corrected chi connectivity index (χ4v) is 3.59. The average Bonchev–Trinajstić information content (AvgIpc) is 3.37. The van der Waals surface area contributed by atoms with Gasteiger partial charge in [-0.3, -0.25) is 4.79 Å². The Hall–Kier alpha value is -3.61. The van der Waals surface area contributed by atoms with Crippen LogP contribution in [0.4, 0.5) is 5.69 Å². The zero-order valence-electron chi connectivity index (χ0n) is 17.4. The highest BCUT2D eigenvalue weighted by molar-refractivity contribution is 5.90. The number of fused-ring (bicyclic) bond motifs is 1. The first-order valence-corrected chi connectivity index (χ1v) is 9.97. The number of amides is 1. The zero-order valence-corrected chi connectivity index (χ0v) is 17.4. The number of carbonyl (C=O) groups excluding carboxylic acids is 1. The van der Waals surface area contributed by atoms with E-state index in [0.29, 0.717) is 19.4 Å². The van der Waals surface area contributed by atoms with Crippen molar-refractivity contribution >= 4 is 22.6 Å². The molecule has 4 rings (SSSR count). The Balaban J connectivity index is 1.48. The zero-order chi connectivity index (χ0) is 21.1. The van der Waals surface area contributed by atoms with Crippen molar-refractivity contribution in [2.24, 2.45) is 0 Å². The minimum Gasteiger partial charge on any atom is -0.497 e. The van der Waals surface area contributed by atoms with Gasteiger partial charge < -0.3 is 14.6 Å². The van der Waals surface area contributed by atoms with Crippen molar-refractivity contribution in [1.82, 2.24) is 19.3 Å². The third kappa shape index (κ3) is 4.05. The third-order valence-corrected chi connectivity index (χ3v) is 5.01. The maximum Gasteiger partial charge on any atom is 0.224 e. The number of ether oxygens (including phenoxy) is 1. The lowest BCUT2D eigenvalue weighted by Gasteiger charge is -2.07. The number of hydrogen-bond donors (Lipinski definition) is 1. The summed E-state index contributed by atoms with van der Waals surface area (Å²) in [5, 5.41) is 8.76. The Kier molecular flexibility index (Phi) is 5.52. The summed E-state index contributed by atoms with van der Waals surface area (Å²) in [5.41, 5.74) is 3.71. The number of aryl methyl sites for hydroxylation is 3. The van der Waals surface area contributed by atoms with Gasteiger partial charge in [0.05, 0.1) is 12.5 Å². The molecule has 3 heterocycles. The number of rotatable bonds is 7. The molecule has 3 aromatic heterocycles. The molecule has 4 aromatic rings. The first kappa shape index (κ1) is 19.7. The summed E-state index contributed by atoms with van der Waals surface area (Å²) in [4.78, 5) is 17.1. The van der Waals surface area contributed by atoms with Crippen LogP contribution in [0.2, 0.25) is 0 Å². The van der Waals surface area contributed by atoms with Crippen molar-refractivity contribution in [2.75, 3.05) is 12.4 Å². The number of carbonyl (C=O) groups is 1. The summed E-state index contributed by atoms with van der Waals surface area (Å²) < 4.78 is 9.05. The monoisotopic (exact) mass is 403 g/mol. The molecule has 0 spiro atoms. The molecule has 0 saturated heterocycles. The number of anilines is 1. The Morgan fingerprint density at radius 1 is 1.13 bits per heavy atom. The summed E-state index contributed by atoms with van der Waals surface area (Å²) in [5.74, 6) is 1.60. The number of aromatic nitrogens is 4. The first-order chi connectivity index (χ1) is 14.5. The summed E-state index contributed by atoms with van der Waals surface area (Å²) in [7, 11) is 1.62. The van der Waals surface area contributed by atoms with Crippen LogP contribution in [0, 0.1) is 13.8 Å². The molecule has 1 N–H and O–H groups in total. The molecule has 7 heteroatoms. The van der Waals surface area contributed by atoms with Crippen LogP contribution in [0.5, 0.6) is 5.75 Å². The van der Waals surface area contributed by atoms with Gasteiger partial charge in [-0.05, 0) is 68.3 Å². The molecule has 0 fully saturated rings. The predicted octanol–water partition coefficient (Wildman–Crippen LogP) is 4.27. The van der Waals surface area contributed by atoms with Gasteiger partial charge >= 0.3 is 0 Å². The normalized spacial score (nSPS) is 11.0. The third-order valence-electron chi connectivity index (χ3n) is 5.01. The van der Waals surface area contributed by atoms with Gasteiger partial charge in [-0.1, -0.05) is 0 Å². The number of hydrogen-bond acceptors (Lipinski definition) is 4. The lowest BCUT2D eigenvalue weighted by atomic mass is 10.2. The van der Waals surface area contributed by atoms with Crippen molar-refractivity contribution < 1.29 is 9.53 Å². The number of nitrogens with one attached hydrogen (secondary N) is 1. The first-order valence-electron chi connectivity index (χ1n) is 9.97. The molecule has 1 aromatic carbocycles. The predicted molar refractivity (Wildman–Crippen MR) is 117 cm³/mol. The molecule has 0 radical (unpaired) electrons. The highest BCUT2D eigenvalue weighted by Gasteiger charge is 2.16. The van der Waals surface area contributed by atoms with Crippen LogP contribution < -0.4 is 10.1 Å². The van der Waals surface area contributed by atoms with E-state index in [9.17, 15) is 4.79 Å². The van der Waals surface area contributed by atoms with Crippen LogP contribution in [0.3, 0.4) is 0 Å². The Morgan fingerprint density at radius 3 is 2.57 bits per heavy atom. The van der Waals surface area contributed by atoms with E-state index in [1.807, 2.05) is 65.0 Å². The Morgan fingerprint density at radius 2 is 1.87 bits per heavy atom. The van der Waals surface area contributed by atoms with E-state index in [4.69, 9.17) is 14.8 Å². The molecule has 1 amide bonds. The number of pyridine rings is 1. The fourth-order valence-electron chi connectivity index (χ4n) is 3.59. The second-order valence-electron chi connectivity index (χ2n) is 7.30. The molecule has 0 bridgehead atoms. The van der Waals surface area contributed by atoms with E-state index in [0.717, 1.165) is 39.5 Å². The van der Waals surface area contributed by atoms with E-state index >= 15 is 0 Å². The van der Waals surface area contributed by atoms with Gasteiger partial charge in [0.25, 0.3) is 0 Å². The average molecular weight is 403 g/mol. The standard InChI is InChI=1S/C23H25N5O2/c1-16-15-17(2)24-22-21(16)23(27-12-4-5-13-27)26-28(22)14-6-7-20(29)25-18-8-10-19(30-3)11-9-18/h4-5,8-13,15H,6-7,14H2,1-3H3,(H,25,29). The van der Waals surface area contributed by atoms with Crippen molar-refractivity contribution in [3.05, 3.63) is 66.1 Å². The molecule has 30 heavy (non-hydrogen) atoms. The quantitative estimate of drug-likeness (QED) is 0.500. The highest BCUT2D eigenvalue weighted by Crippen LogP contribution is 2.25. The molecular weight excluding hydrogens is 378 g/mol. The van der Waals surface area contributed by atoms with Gasteiger partial charge in [0, 0.05) is 36.7 Å². The minimum absolute atomic E-state index is 0.0254. The van der Waals surface area contributed by atoms with E-state index in [1.54, 1.807) is 7.11 Å². The Labute approximate surface area is 175 Å². The number of nitrogens with zero attached hydrogens (tertiary/aromatic N) is 4. The number of benzene rings is 1. The minimum atomic E-state index is -0.0254. The SMILES string of the molecule is COc1ccc(NC(=O)CCCn2nc(-n3cccc3)c3c(C)cc(C)nc32)cc1. The molecule has 0 aliphatic carbocycles. The molecule has 0 aliphatic rings. The largest absolute Gasteiger partial charge is 0.497 e. The van der Waals surface area contributed by atoms with Crippen molar-refractivity contribution in [1.29, 1.82) is 0 Å². The second kappa shape index (κ2) is 8.41. The summed E-state index contributed by atoms with van der Waals surface area (Å²) >= 11 is 0. The second-order valence-corrected chi connectivity index (χ2v) is 7.30.